The normalized spacial score (nSPS) is 15.4. The van der Waals surface area contributed by atoms with Crippen molar-refractivity contribution in [1.82, 2.24) is 5.32 Å². The second kappa shape index (κ2) is 8.00. The number of benzene rings is 1. The number of rotatable bonds is 7. The summed E-state index contributed by atoms with van der Waals surface area (Å²) in [6, 6.07) is 6.91. The number of hydrogen-bond donors (Lipinski definition) is 2. The number of amides is 1. The third-order valence-electron chi connectivity index (χ3n) is 3.54. The first-order chi connectivity index (χ1) is 9.90. The highest BCUT2D eigenvalue weighted by molar-refractivity contribution is 5.82. The fraction of sp³-hybridized carbons (Fsp3) is 0.562. The molecule has 0 aliphatic rings. The van der Waals surface area contributed by atoms with Crippen molar-refractivity contribution < 1.29 is 14.3 Å². The monoisotopic (exact) mass is 294 g/mol. The van der Waals surface area contributed by atoms with Crippen LogP contribution in [-0.2, 0) is 9.53 Å². The molecule has 0 spiro atoms. The molecule has 3 N–H and O–H groups in total. The van der Waals surface area contributed by atoms with Crippen LogP contribution in [0.2, 0.25) is 0 Å². The van der Waals surface area contributed by atoms with Gasteiger partial charge in [-0.1, -0.05) is 26.0 Å². The Kier molecular flexibility index (Phi) is 6.65. The topological polar surface area (TPSA) is 73.6 Å². The lowest BCUT2D eigenvalue weighted by molar-refractivity contribution is -0.124. The van der Waals surface area contributed by atoms with Crippen molar-refractivity contribution in [2.45, 2.75) is 39.0 Å². The van der Waals surface area contributed by atoms with Crippen LogP contribution >= 0.6 is 0 Å². The van der Waals surface area contributed by atoms with E-state index in [9.17, 15) is 4.79 Å². The van der Waals surface area contributed by atoms with Gasteiger partial charge in [0.2, 0.25) is 5.91 Å². The summed E-state index contributed by atoms with van der Waals surface area (Å²) in [6.07, 6.45) is -0.237. The van der Waals surface area contributed by atoms with E-state index in [2.05, 4.69) is 5.32 Å². The fourth-order valence-electron chi connectivity index (χ4n) is 2.12. The summed E-state index contributed by atoms with van der Waals surface area (Å²) in [5.41, 5.74) is 6.83. The van der Waals surface area contributed by atoms with E-state index in [4.69, 9.17) is 15.2 Å². The Morgan fingerprint density at radius 1 is 1.14 bits per heavy atom. The lowest BCUT2D eigenvalue weighted by Gasteiger charge is -2.26. The minimum absolute atomic E-state index is 0.0965. The molecule has 0 bridgehead atoms. The molecule has 0 fully saturated rings. The van der Waals surface area contributed by atoms with E-state index in [-0.39, 0.29) is 24.0 Å². The second-order valence-electron chi connectivity index (χ2n) is 5.50. The molecule has 1 aromatic carbocycles. The second-order valence-corrected chi connectivity index (χ2v) is 5.50. The van der Waals surface area contributed by atoms with Gasteiger partial charge in [-0.3, -0.25) is 4.79 Å². The van der Waals surface area contributed by atoms with Gasteiger partial charge in [0, 0.05) is 7.11 Å². The molecule has 1 rings (SSSR count). The Hall–Kier alpha value is -1.59. The molecule has 3 atom stereocenters. The maximum absolute atomic E-state index is 12.0. The van der Waals surface area contributed by atoms with Crippen LogP contribution in [0.3, 0.4) is 0 Å². The highest BCUT2D eigenvalue weighted by Gasteiger charge is 2.24. The molecule has 21 heavy (non-hydrogen) atoms. The molecule has 118 valence electrons. The van der Waals surface area contributed by atoms with Crippen LogP contribution in [-0.4, -0.2) is 32.2 Å². The van der Waals surface area contributed by atoms with Gasteiger partial charge in [-0.25, -0.2) is 0 Å². The van der Waals surface area contributed by atoms with Crippen LogP contribution in [0, 0.1) is 5.92 Å². The van der Waals surface area contributed by atoms with Crippen molar-refractivity contribution in [1.29, 1.82) is 0 Å². The van der Waals surface area contributed by atoms with E-state index in [0.717, 1.165) is 11.3 Å². The van der Waals surface area contributed by atoms with Gasteiger partial charge < -0.3 is 20.5 Å². The summed E-state index contributed by atoms with van der Waals surface area (Å²) >= 11 is 0. The molecule has 0 saturated heterocycles. The number of nitrogens with one attached hydrogen (secondary N) is 1. The molecule has 1 amide bonds. The third kappa shape index (κ3) is 4.72. The van der Waals surface area contributed by atoms with Crippen LogP contribution < -0.4 is 15.8 Å². The van der Waals surface area contributed by atoms with Gasteiger partial charge in [0.25, 0.3) is 0 Å². The average Bonchev–Trinajstić information content (AvgIpc) is 2.47. The standard InChI is InChI=1S/C16H26N2O3/c1-10(2)14(17)16(19)18-11(3)15(21-5)12-6-8-13(20-4)9-7-12/h6-11,14-15H,17H2,1-5H3,(H,18,19)/t11?,14-,15?/m0/s1. The first-order valence-corrected chi connectivity index (χ1v) is 7.13. The summed E-state index contributed by atoms with van der Waals surface area (Å²) in [6.45, 7) is 5.75. The van der Waals surface area contributed by atoms with Gasteiger partial charge in [0.05, 0.1) is 19.2 Å². The summed E-state index contributed by atoms with van der Waals surface area (Å²) in [7, 11) is 3.25. The van der Waals surface area contributed by atoms with Crippen LogP contribution in [0.5, 0.6) is 5.75 Å². The predicted molar refractivity (Wildman–Crippen MR) is 83.2 cm³/mol. The van der Waals surface area contributed by atoms with E-state index in [0.29, 0.717) is 0 Å². The first kappa shape index (κ1) is 17.5. The van der Waals surface area contributed by atoms with Crippen molar-refractivity contribution in [3.8, 4) is 5.75 Å². The SMILES string of the molecule is COc1ccc(C(OC)C(C)NC(=O)[C@@H](N)C(C)C)cc1. The summed E-state index contributed by atoms with van der Waals surface area (Å²) in [5.74, 6) is 0.722. The molecule has 0 saturated carbocycles. The van der Waals surface area contributed by atoms with Crippen LogP contribution in [0.15, 0.2) is 24.3 Å². The molecule has 0 aliphatic carbocycles. The van der Waals surface area contributed by atoms with Crippen molar-refractivity contribution in [2.75, 3.05) is 14.2 Å². The molecule has 0 heterocycles. The molecule has 2 unspecified atom stereocenters. The number of methoxy groups -OCH3 is 2. The summed E-state index contributed by atoms with van der Waals surface area (Å²) in [5, 5.41) is 2.92. The first-order valence-electron chi connectivity index (χ1n) is 7.13. The number of ether oxygens (including phenoxy) is 2. The van der Waals surface area contributed by atoms with Crippen LogP contribution in [0.1, 0.15) is 32.4 Å². The molecular formula is C16H26N2O3. The zero-order valence-electron chi connectivity index (χ0n) is 13.4. The largest absolute Gasteiger partial charge is 0.497 e. The van der Waals surface area contributed by atoms with Crippen molar-refractivity contribution in [3.05, 3.63) is 29.8 Å². The number of carbonyl (C=O) groups is 1. The molecule has 0 aromatic heterocycles. The van der Waals surface area contributed by atoms with E-state index in [1.807, 2.05) is 45.0 Å². The Morgan fingerprint density at radius 3 is 2.14 bits per heavy atom. The molecular weight excluding hydrogens is 268 g/mol. The third-order valence-corrected chi connectivity index (χ3v) is 3.54. The minimum atomic E-state index is -0.513. The maximum Gasteiger partial charge on any atom is 0.237 e. The maximum atomic E-state index is 12.0. The lowest BCUT2D eigenvalue weighted by Crippen LogP contribution is -2.48. The zero-order valence-corrected chi connectivity index (χ0v) is 13.4. The van der Waals surface area contributed by atoms with Crippen LogP contribution in [0.25, 0.3) is 0 Å². The van der Waals surface area contributed by atoms with Crippen molar-refractivity contribution in [2.24, 2.45) is 11.7 Å². The van der Waals surface area contributed by atoms with E-state index < -0.39 is 6.04 Å². The Bertz CT molecular complexity index is 445. The van der Waals surface area contributed by atoms with E-state index in [1.54, 1.807) is 14.2 Å². The highest BCUT2D eigenvalue weighted by atomic mass is 16.5. The summed E-state index contributed by atoms with van der Waals surface area (Å²) in [4.78, 5) is 12.0. The number of nitrogens with two attached hydrogens (primary N) is 1. The highest BCUT2D eigenvalue weighted by Crippen LogP contribution is 2.23. The van der Waals surface area contributed by atoms with Gasteiger partial charge in [0.15, 0.2) is 0 Å². The average molecular weight is 294 g/mol. The van der Waals surface area contributed by atoms with Crippen molar-refractivity contribution >= 4 is 5.91 Å². The molecule has 0 aliphatic heterocycles. The Morgan fingerprint density at radius 2 is 1.71 bits per heavy atom. The van der Waals surface area contributed by atoms with E-state index in [1.165, 1.54) is 0 Å². The van der Waals surface area contributed by atoms with Gasteiger partial charge >= 0.3 is 0 Å². The Labute approximate surface area is 126 Å². The zero-order chi connectivity index (χ0) is 16.0. The molecule has 0 radical (unpaired) electrons. The van der Waals surface area contributed by atoms with E-state index >= 15 is 0 Å². The Balaban J connectivity index is 2.76. The predicted octanol–water partition coefficient (Wildman–Crippen LogP) is 1.87. The molecule has 1 aromatic rings. The van der Waals surface area contributed by atoms with Gasteiger partial charge in [-0.15, -0.1) is 0 Å². The number of carbonyl (C=O) groups excluding carboxylic acids is 1. The van der Waals surface area contributed by atoms with Gasteiger partial charge in [-0.05, 0) is 30.5 Å². The lowest BCUT2D eigenvalue weighted by atomic mass is 10.0. The summed E-state index contributed by atoms with van der Waals surface area (Å²) < 4.78 is 10.7. The van der Waals surface area contributed by atoms with Gasteiger partial charge in [-0.2, -0.15) is 0 Å². The quantitative estimate of drug-likeness (QED) is 0.805. The smallest absolute Gasteiger partial charge is 0.237 e. The van der Waals surface area contributed by atoms with Gasteiger partial charge in [0.1, 0.15) is 11.9 Å². The molecule has 5 nitrogen and oxygen atoms in total. The number of hydrogen-bond acceptors (Lipinski definition) is 4. The van der Waals surface area contributed by atoms with Crippen molar-refractivity contribution in [3.63, 3.8) is 0 Å². The minimum Gasteiger partial charge on any atom is -0.497 e. The molecule has 5 heteroatoms. The fourth-order valence-corrected chi connectivity index (χ4v) is 2.12. The van der Waals surface area contributed by atoms with Crippen LogP contribution in [0.4, 0.5) is 0 Å².